The van der Waals surface area contributed by atoms with Gasteiger partial charge in [-0.15, -0.1) is 0 Å². The molecule has 2 aromatic rings. The van der Waals surface area contributed by atoms with Crippen LogP contribution in [0.25, 0.3) is 11.1 Å². The van der Waals surface area contributed by atoms with Gasteiger partial charge in [0.1, 0.15) is 18.1 Å². The van der Waals surface area contributed by atoms with Crippen molar-refractivity contribution in [3.05, 3.63) is 53.8 Å². The molecular formula is C22H23FN2O3. The van der Waals surface area contributed by atoms with Gasteiger partial charge in [-0.05, 0) is 42.7 Å². The molecule has 146 valence electrons. The summed E-state index contributed by atoms with van der Waals surface area (Å²) < 4.78 is 14.0. The summed E-state index contributed by atoms with van der Waals surface area (Å²) in [7, 11) is 0. The van der Waals surface area contributed by atoms with Crippen molar-refractivity contribution in [1.82, 2.24) is 9.80 Å². The number of nitrogens with zero attached hydrogens (tertiary/aromatic N) is 2. The first-order valence-electron chi connectivity index (χ1n) is 9.70. The van der Waals surface area contributed by atoms with Crippen LogP contribution in [0.5, 0.6) is 5.75 Å². The first-order valence-corrected chi connectivity index (χ1v) is 9.70. The number of phenolic OH excluding ortho intramolecular Hbond substituents is 1. The van der Waals surface area contributed by atoms with Gasteiger partial charge in [-0.2, -0.15) is 0 Å². The van der Waals surface area contributed by atoms with Crippen LogP contribution in [0.1, 0.15) is 36.0 Å². The monoisotopic (exact) mass is 382 g/mol. The summed E-state index contributed by atoms with van der Waals surface area (Å²) in [5, 5.41) is 9.33. The van der Waals surface area contributed by atoms with E-state index >= 15 is 0 Å². The number of carbonyl (C=O) groups excluding carboxylic acids is 2. The number of benzene rings is 2. The average molecular weight is 382 g/mol. The van der Waals surface area contributed by atoms with Crippen LogP contribution in [0.3, 0.4) is 0 Å². The predicted octanol–water partition coefficient (Wildman–Crippen LogP) is 3.43. The van der Waals surface area contributed by atoms with Crippen molar-refractivity contribution < 1.29 is 19.1 Å². The molecular weight excluding hydrogens is 359 g/mol. The van der Waals surface area contributed by atoms with Gasteiger partial charge in [-0.1, -0.05) is 25.0 Å². The summed E-state index contributed by atoms with van der Waals surface area (Å²) in [6.07, 6.45) is 4.47. The van der Waals surface area contributed by atoms with Crippen molar-refractivity contribution in [2.75, 3.05) is 19.6 Å². The lowest BCUT2D eigenvalue weighted by atomic mass is 10.0. The number of hydrogen-bond donors (Lipinski definition) is 1. The largest absolute Gasteiger partial charge is 0.508 e. The highest BCUT2D eigenvalue weighted by Gasteiger charge is 2.33. The summed E-state index contributed by atoms with van der Waals surface area (Å²) in [6, 6.07) is 11.0. The lowest BCUT2D eigenvalue weighted by molar-refractivity contribution is -0.137. The van der Waals surface area contributed by atoms with Crippen LogP contribution in [-0.2, 0) is 4.79 Å². The van der Waals surface area contributed by atoms with Crippen molar-refractivity contribution in [3.8, 4) is 16.9 Å². The van der Waals surface area contributed by atoms with E-state index in [2.05, 4.69) is 0 Å². The molecule has 0 unspecified atom stereocenters. The fraction of sp³-hybridized carbons (Fsp3) is 0.364. The predicted molar refractivity (Wildman–Crippen MR) is 103 cm³/mol. The Bertz CT molecular complexity index is 891. The highest BCUT2D eigenvalue weighted by molar-refractivity contribution is 5.97. The van der Waals surface area contributed by atoms with E-state index in [1.807, 2.05) is 4.90 Å². The molecule has 4 rings (SSSR count). The smallest absolute Gasteiger partial charge is 0.254 e. The molecule has 2 fully saturated rings. The molecule has 1 aliphatic carbocycles. The van der Waals surface area contributed by atoms with E-state index in [4.69, 9.17) is 0 Å². The minimum absolute atomic E-state index is 0.0225. The average Bonchev–Trinajstić information content (AvgIpc) is 3.22. The Kier molecular flexibility index (Phi) is 5.03. The normalized spacial score (nSPS) is 18.0. The molecule has 1 N–H and O–H groups in total. The number of hydrogen-bond acceptors (Lipinski definition) is 3. The zero-order valence-corrected chi connectivity index (χ0v) is 15.6. The highest BCUT2D eigenvalue weighted by Crippen LogP contribution is 2.27. The van der Waals surface area contributed by atoms with Crippen molar-refractivity contribution in [1.29, 1.82) is 0 Å². The number of halogens is 1. The van der Waals surface area contributed by atoms with E-state index in [9.17, 15) is 19.1 Å². The van der Waals surface area contributed by atoms with Gasteiger partial charge in [0, 0.05) is 36.3 Å². The Hall–Kier alpha value is -2.89. The van der Waals surface area contributed by atoms with E-state index < -0.39 is 5.82 Å². The molecule has 1 heterocycles. The first-order chi connectivity index (χ1) is 13.5. The molecule has 0 spiro atoms. The molecule has 0 radical (unpaired) electrons. The van der Waals surface area contributed by atoms with Gasteiger partial charge in [-0.25, -0.2) is 4.39 Å². The van der Waals surface area contributed by atoms with Gasteiger partial charge in [-0.3, -0.25) is 9.59 Å². The maximum Gasteiger partial charge on any atom is 0.254 e. The SMILES string of the molecule is O=C(c1ccc(-c2ccc(O)cc2F)cc1)N1CCN(C2CCCC2)C(=O)C1. The van der Waals surface area contributed by atoms with Crippen molar-refractivity contribution in [2.45, 2.75) is 31.7 Å². The maximum atomic E-state index is 14.0. The number of aromatic hydroxyl groups is 1. The second kappa shape index (κ2) is 7.62. The molecule has 0 aromatic heterocycles. The summed E-state index contributed by atoms with van der Waals surface area (Å²) in [4.78, 5) is 28.8. The molecule has 6 heteroatoms. The van der Waals surface area contributed by atoms with Crippen LogP contribution in [0, 0.1) is 5.82 Å². The molecule has 28 heavy (non-hydrogen) atoms. The lowest BCUT2D eigenvalue weighted by Crippen LogP contribution is -2.54. The molecule has 1 saturated heterocycles. The molecule has 2 aromatic carbocycles. The van der Waals surface area contributed by atoms with E-state index in [0.29, 0.717) is 35.8 Å². The molecule has 1 aliphatic heterocycles. The van der Waals surface area contributed by atoms with Crippen LogP contribution < -0.4 is 0 Å². The molecule has 0 atom stereocenters. The zero-order chi connectivity index (χ0) is 19.7. The molecule has 5 nitrogen and oxygen atoms in total. The molecule has 2 amide bonds. The van der Waals surface area contributed by atoms with Crippen molar-refractivity contribution >= 4 is 11.8 Å². The van der Waals surface area contributed by atoms with E-state index in [1.165, 1.54) is 25.0 Å². The highest BCUT2D eigenvalue weighted by atomic mass is 19.1. The Labute approximate surface area is 163 Å². The third-order valence-electron chi connectivity index (χ3n) is 5.71. The number of piperazine rings is 1. The summed E-state index contributed by atoms with van der Waals surface area (Å²) in [5.74, 6) is -0.811. The standard InChI is InChI=1S/C22H23FN2O3/c23-20-13-18(26)9-10-19(20)15-5-7-16(8-6-15)22(28)24-11-12-25(21(27)14-24)17-3-1-2-4-17/h5-10,13,17,26H,1-4,11-12,14H2. The third-order valence-corrected chi connectivity index (χ3v) is 5.71. The molecule has 1 saturated carbocycles. The van der Waals surface area contributed by atoms with Gasteiger partial charge in [0.25, 0.3) is 5.91 Å². The van der Waals surface area contributed by atoms with Gasteiger partial charge in [0.05, 0.1) is 0 Å². The Morgan fingerprint density at radius 1 is 1.04 bits per heavy atom. The van der Waals surface area contributed by atoms with E-state index in [0.717, 1.165) is 18.9 Å². The maximum absolute atomic E-state index is 14.0. The molecule has 0 bridgehead atoms. The second-order valence-electron chi connectivity index (χ2n) is 7.49. The summed E-state index contributed by atoms with van der Waals surface area (Å²) in [6.45, 7) is 1.24. The zero-order valence-electron chi connectivity index (χ0n) is 15.6. The third kappa shape index (κ3) is 3.59. The quantitative estimate of drug-likeness (QED) is 0.885. The topological polar surface area (TPSA) is 60.9 Å². The summed E-state index contributed by atoms with van der Waals surface area (Å²) >= 11 is 0. The van der Waals surface area contributed by atoms with Crippen molar-refractivity contribution in [2.24, 2.45) is 0 Å². The second-order valence-corrected chi connectivity index (χ2v) is 7.49. The van der Waals surface area contributed by atoms with Gasteiger partial charge in [0.15, 0.2) is 0 Å². The fourth-order valence-corrected chi connectivity index (χ4v) is 4.17. The van der Waals surface area contributed by atoms with Crippen molar-refractivity contribution in [3.63, 3.8) is 0 Å². The Morgan fingerprint density at radius 2 is 1.75 bits per heavy atom. The number of amides is 2. The Balaban J connectivity index is 1.44. The Morgan fingerprint density at radius 3 is 2.39 bits per heavy atom. The van der Waals surface area contributed by atoms with Gasteiger partial charge >= 0.3 is 0 Å². The summed E-state index contributed by atoms with van der Waals surface area (Å²) in [5.41, 5.74) is 1.46. The minimum atomic E-state index is -0.521. The molecule has 2 aliphatic rings. The minimum Gasteiger partial charge on any atom is -0.508 e. The number of phenols is 1. The number of carbonyl (C=O) groups is 2. The van der Waals surface area contributed by atoms with Crippen LogP contribution in [-0.4, -0.2) is 52.4 Å². The van der Waals surface area contributed by atoms with Crippen LogP contribution in [0.15, 0.2) is 42.5 Å². The van der Waals surface area contributed by atoms with Crippen LogP contribution in [0.2, 0.25) is 0 Å². The van der Waals surface area contributed by atoms with E-state index in [-0.39, 0.29) is 24.1 Å². The number of rotatable bonds is 3. The fourth-order valence-electron chi connectivity index (χ4n) is 4.17. The van der Waals surface area contributed by atoms with E-state index in [1.54, 1.807) is 29.2 Å². The first kappa shape index (κ1) is 18.5. The lowest BCUT2D eigenvalue weighted by Gasteiger charge is -2.37. The van der Waals surface area contributed by atoms with Crippen LogP contribution in [0.4, 0.5) is 4.39 Å². The van der Waals surface area contributed by atoms with Gasteiger partial charge < -0.3 is 14.9 Å². The van der Waals surface area contributed by atoms with Gasteiger partial charge in [0.2, 0.25) is 5.91 Å². The van der Waals surface area contributed by atoms with Crippen LogP contribution >= 0.6 is 0 Å².